The lowest BCUT2D eigenvalue weighted by Gasteiger charge is -2.36. The highest BCUT2D eigenvalue weighted by atomic mass is 32.1. The minimum Gasteiger partial charge on any atom is -0.372 e. The number of pyridine rings is 1. The van der Waals surface area contributed by atoms with E-state index in [-0.39, 0.29) is 18.1 Å². The van der Waals surface area contributed by atoms with Crippen LogP contribution < -0.4 is 10.2 Å². The van der Waals surface area contributed by atoms with E-state index in [1.165, 1.54) is 11.3 Å². The van der Waals surface area contributed by atoms with Gasteiger partial charge in [-0.2, -0.15) is 0 Å². The molecular formula is C22H24N4O2S. The van der Waals surface area contributed by atoms with E-state index in [0.717, 1.165) is 29.5 Å². The third-order valence-corrected chi connectivity index (χ3v) is 5.71. The average Bonchev–Trinajstić information content (AvgIpc) is 3.10. The minimum atomic E-state index is -0.169. The van der Waals surface area contributed by atoms with Gasteiger partial charge < -0.3 is 15.0 Å². The van der Waals surface area contributed by atoms with Crippen molar-refractivity contribution in [3.63, 3.8) is 0 Å². The number of aromatic nitrogens is 2. The van der Waals surface area contributed by atoms with E-state index in [9.17, 15) is 4.79 Å². The molecule has 1 N–H and O–H groups in total. The summed E-state index contributed by atoms with van der Waals surface area (Å²) in [4.78, 5) is 24.8. The van der Waals surface area contributed by atoms with Crippen molar-refractivity contribution < 1.29 is 9.53 Å². The normalized spacial score (nSPS) is 19.2. The lowest BCUT2D eigenvalue weighted by atomic mass is 10.1. The standard InChI is InChI=1S/C22H24N4O2S/c1-14-12-26(13-15(2)28-14)19-10-9-18(11-23-19)25-22(27)21-20(24-16(3)29-21)17-7-5-4-6-8-17/h4-11,14-15H,12-13H2,1-3H3,(H,25,27)/t14-,15-/m0/s1. The molecule has 1 aliphatic rings. The highest BCUT2D eigenvalue weighted by Crippen LogP contribution is 2.29. The molecule has 3 heterocycles. The molecule has 4 rings (SSSR count). The predicted octanol–water partition coefficient (Wildman–Crippen LogP) is 4.38. The van der Waals surface area contributed by atoms with E-state index in [4.69, 9.17) is 4.74 Å². The van der Waals surface area contributed by atoms with E-state index < -0.39 is 0 Å². The van der Waals surface area contributed by atoms with E-state index >= 15 is 0 Å². The first kappa shape index (κ1) is 19.5. The van der Waals surface area contributed by atoms with Crippen LogP contribution in [0.2, 0.25) is 0 Å². The number of hydrogen-bond acceptors (Lipinski definition) is 6. The Balaban J connectivity index is 1.50. The van der Waals surface area contributed by atoms with Crippen molar-refractivity contribution >= 4 is 28.7 Å². The summed E-state index contributed by atoms with van der Waals surface area (Å²) in [6.07, 6.45) is 2.05. The van der Waals surface area contributed by atoms with Gasteiger partial charge in [-0.25, -0.2) is 9.97 Å². The summed E-state index contributed by atoms with van der Waals surface area (Å²) in [5.74, 6) is 0.723. The van der Waals surface area contributed by atoms with Crippen LogP contribution >= 0.6 is 11.3 Å². The molecule has 0 aliphatic carbocycles. The molecule has 1 amide bonds. The van der Waals surface area contributed by atoms with Gasteiger partial charge in [-0.1, -0.05) is 30.3 Å². The predicted molar refractivity (Wildman–Crippen MR) is 117 cm³/mol. The zero-order valence-electron chi connectivity index (χ0n) is 16.8. The topological polar surface area (TPSA) is 67.4 Å². The lowest BCUT2D eigenvalue weighted by Crippen LogP contribution is -2.45. The number of amides is 1. The van der Waals surface area contributed by atoms with Crippen LogP contribution in [0.5, 0.6) is 0 Å². The molecule has 150 valence electrons. The van der Waals surface area contributed by atoms with Gasteiger partial charge >= 0.3 is 0 Å². The molecule has 29 heavy (non-hydrogen) atoms. The molecule has 0 saturated carbocycles. The number of benzene rings is 1. The quantitative estimate of drug-likeness (QED) is 0.694. The second-order valence-electron chi connectivity index (χ2n) is 7.30. The first-order chi connectivity index (χ1) is 14.0. The fraction of sp³-hybridized carbons (Fsp3) is 0.318. The Morgan fingerprint density at radius 2 is 1.86 bits per heavy atom. The smallest absolute Gasteiger partial charge is 0.268 e. The molecule has 1 aliphatic heterocycles. The third-order valence-electron chi connectivity index (χ3n) is 4.74. The van der Waals surface area contributed by atoms with E-state index in [1.54, 1.807) is 6.20 Å². The Morgan fingerprint density at radius 3 is 2.52 bits per heavy atom. The average molecular weight is 409 g/mol. The molecule has 1 aromatic carbocycles. The maximum absolute atomic E-state index is 12.9. The Labute approximate surface area is 174 Å². The van der Waals surface area contributed by atoms with Crippen LogP contribution in [-0.2, 0) is 4.74 Å². The van der Waals surface area contributed by atoms with Crippen LogP contribution in [0.3, 0.4) is 0 Å². The summed E-state index contributed by atoms with van der Waals surface area (Å²) in [6, 6.07) is 13.6. The van der Waals surface area contributed by atoms with Gasteiger partial charge in [-0.15, -0.1) is 11.3 Å². The van der Waals surface area contributed by atoms with Gasteiger partial charge in [0.15, 0.2) is 0 Å². The number of hydrogen-bond donors (Lipinski definition) is 1. The fourth-order valence-electron chi connectivity index (χ4n) is 3.57. The third kappa shape index (κ3) is 4.46. The molecule has 6 nitrogen and oxygen atoms in total. The summed E-state index contributed by atoms with van der Waals surface area (Å²) >= 11 is 1.40. The van der Waals surface area contributed by atoms with Crippen molar-refractivity contribution in [1.82, 2.24) is 9.97 Å². The highest BCUT2D eigenvalue weighted by Gasteiger charge is 2.23. The molecule has 0 bridgehead atoms. The first-order valence-electron chi connectivity index (χ1n) is 9.70. The number of nitrogens with zero attached hydrogens (tertiary/aromatic N) is 3. The Morgan fingerprint density at radius 1 is 1.14 bits per heavy atom. The van der Waals surface area contributed by atoms with Crippen LogP contribution in [0.4, 0.5) is 11.5 Å². The van der Waals surface area contributed by atoms with Crippen molar-refractivity contribution in [2.75, 3.05) is 23.3 Å². The Hall–Kier alpha value is -2.77. The molecule has 1 saturated heterocycles. The van der Waals surface area contributed by atoms with Crippen molar-refractivity contribution in [2.24, 2.45) is 0 Å². The van der Waals surface area contributed by atoms with Crippen LogP contribution in [-0.4, -0.2) is 41.2 Å². The van der Waals surface area contributed by atoms with Gasteiger partial charge in [-0.05, 0) is 32.9 Å². The zero-order chi connectivity index (χ0) is 20.4. The molecule has 1 fully saturated rings. The first-order valence-corrected chi connectivity index (χ1v) is 10.5. The second-order valence-corrected chi connectivity index (χ2v) is 8.50. The summed E-state index contributed by atoms with van der Waals surface area (Å²) in [7, 11) is 0. The van der Waals surface area contributed by atoms with Crippen molar-refractivity contribution in [2.45, 2.75) is 33.0 Å². The van der Waals surface area contributed by atoms with Crippen molar-refractivity contribution in [3.05, 3.63) is 58.5 Å². The SMILES string of the molecule is Cc1nc(-c2ccccc2)c(C(=O)Nc2ccc(N3C[C@H](C)O[C@@H](C)C3)nc2)s1. The van der Waals surface area contributed by atoms with Gasteiger partial charge in [0.05, 0.1) is 34.8 Å². The zero-order valence-corrected chi connectivity index (χ0v) is 17.6. The monoisotopic (exact) mass is 408 g/mol. The van der Waals surface area contributed by atoms with Gasteiger partial charge in [-0.3, -0.25) is 4.79 Å². The van der Waals surface area contributed by atoms with E-state index in [2.05, 4.69) is 34.0 Å². The minimum absolute atomic E-state index is 0.169. The number of carbonyl (C=O) groups excluding carboxylic acids is 1. The largest absolute Gasteiger partial charge is 0.372 e. The van der Waals surface area contributed by atoms with Crippen LogP contribution in [0.15, 0.2) is 48.7 Å². The summed E-state index contributed by atoms with van der Waals surface area (Å²) in [6.45, 7) is 7.67. The molecule has 2 atom stereocenters. The van der Waals surface area contributed by atoms with E-state index in [1.807, 2.05) is 49.4 Å². The number of rotatable bonds is 4. The number of thiazole rings is 1. The number of aryl methyl sites for hydroxylation is 1. The number of ether oxygens (including phenoxy) is 1. The summed E-state index contributed by atoms with van der Waals surface area (Å²) in [5, 5.41) is 3.81. The maximum Gasteiger partial charge on any atom is 0.268 e. The van der Waals surface area contributed by atoms with Gasteiger partial charge in [0.25, 0.3) is 5.91 Å². The molecule has 0 radical (unpaired) electrons. The molecule has 2 aromatic heterocycles. The molecular weight excluding hydrogens is 384 g/mol. The van der Waals surface area contributed by atoms with Gasteiger partial charge in [0.1, 0.15) is 10.7 Å². The number of anilines is 2. The molecule has 7 heteroatoms. The van der Waals surface area contributed by atoms with Crippen molar-refractivity contribution in [1.29, 1.82) is 0 Å². The number of morpholine rings is 1. The van der Waals surface area contributed by atoms with Crippen LogP contribution in [0.1, 0.15) is 28.5 Å². The van der Waals surface area contributed by atoms with Gasteiger partial charge in [0.2, 0.25) is 0 Å². The molecule has 3 aromatic rings. The Kier molecular flexibility index (Phi) is 5.60. The lowest BCUT2D eigenvalue weighted by molar-refractivity contribution is -0.00545. The highest BCUT2D eigenvalue weighted by molar-refractivity contribution is 7.14. The number of carbonyl (C=O) groups is 1. The number of nitrogens with one attached hydrogen (secondary N) is 1. The summed E-state index contributed by atoms with van der Waals surface area (Å²) < 4.78 is 5.78. The summed E-state index contributed by atoms with van der Waals surface area (Å²) in [5.41, 5.74) is 2.32. The van der Waals surface area contributed by atoms with Crippen molar-refractivity contribution in [3.8, 4) is 11.3 Å². The maximum atomic E-state index is 12.9. The van der Waals surface area contributed by atoms with Crippen LogP contribution in [0.25, 0.3) is 11.3 Å². The molecule has 0 spiro atoms. The molecule has 0 unspecified atom stereocenters. The van der Waals surface area contributed by atoms with Gasteiger partial charge in [0, 0.05) is 18.7 Å². The van der Waals surface area contributed by atoms with Crippen LogP contribution in [0, 0.1) is 6.92 Å². The fourth-order valence-corrected chi connectivity index (χ4v) is 4.41. The van der Waals surface area contributed by atoms with E-state index in [0.29, 0.717) is 16.3 Å². The second kappa shape index (κ2) is 8.31. The Bertz CT molecular complexity index is 978.